The Kier molecular flexibility index (Phi) is 5.35. The van der Waals surface area contributed by atoms with E-state index >= 15 is 0 Å². The minimum Gasteiger partial charge on any atom is -0.395 e. The van der Waals surface area contributed by atoms with Crippen LogP contribution in [0.2, 0.25) is 0 Å². The van der Waals surface area contributed by atoms with Crippen molar-refractivity contribution in [2.45, 2.75) is 13.5 Å². The maximum atomic E-state index is 12.7. The molecule has 1 aromatic carbocycles. The number of fused-ring (bicyclic) bond motifs is 1. The van der Waals surface area contributed by atoms with E-state index in [9.17, 15) is 14.7 Å². The number of ether oxygens (including phenoxy) is 1. The van der Waals surface area contributed by atoms with Gasteiger partial charge in [0.15, 0.2) is 0 Å². The molecule has 0 atom stereocenters. The molecule has 1 aliphatic rings. The van der Waals surface area contributed by atoms with Crippen LogP contribution < -0.4 is 5.56 Å². The summed E-state index contributed by atoms with van der Waals surface area (Å²) in [6.45, 7) is 4.24. The molecule has 2 N–H and O–H groups in total. The minimum atomic E-state index is -0.214. The quantitative estimate of drug-likeness (QED) is 0.868. The molecule has 0 bridgehead atoms. The number of pyridine rings is 1. The minimum absolute atomic E-state index is 0.152. The molecule has 0 saturated carbocycles. The summed E-state index contributed by atoms with van der Waals surface area (Å²) in [4.78, 5) is 31.1. The van der Waals surface area contributed by atoms with E-state index in [0.717, 1.165) is 16.5 Å². The van der Waals surface area contributed by atoms with Crippen molar-refractivity contribution in [1.29, 1.82) is 0 Å². The lowest BCUT2D eigenvalue weighted by molar-refractivity contribution is 0.0410. The number of nitrogens with zero attached hydrogens (tertiary/aromatic N) is 2. The van der Waals surface area contributed by atoms with Gasteiger partial charge in [-0.05, 0) is 30.5 Å². The Morgan fingerprint density at radius 3 is 2.80 bits per heavy atom. The number of aliphatic hydroxyl groups excluding tert-OH is 1. The molecule has 2 amide bonds. The highest BCUT2D eigenvalue weighted by Gasteiger charge is 2.23. The van der Waals surface area contributed by atoms with Gasteiger partial charge in [-0.3, -0.25) is 4.79 Å². The maximum Gasteiger partial charge on any atom is 0.320 e. The molecule has 7 heteroatoms. The number of aromatic amines is 1. The Balaban J connectivity index is 1.86. The average molecular weight is 345 g/mol. The highest BCUT2D eigenvalue weighted by Crippen LogP contribution is 2.15. The van der Waals surface area contributed by atoms with Gasteiger partial charge in [-0.25, -0.2) is 4.79 Å². The zero-order chi connectivity index (χ0) is 17.8. The average Bonchev–Trinajstić information content (AvgIpc) is 2.62. The van der Waals surface area contributed by atoms with Crippen molar-refractivity contribution in [2.24, 2.45) is 0 Å². The Labute approximate surface area is 145 Å². The molecule has 0 radical (unpaired) electrons. The van der Waals surface area contributed by atoms with Crippen LogP contribution in [0.3, 0.4) is 0 Å². The summed E-state index contributed by atoms with van der Waals surface area (Å²) < 4.78 is 5.27. The zero-order valence-electron chi connectivity index (χ0n) is 14.3. The van der Waals surface area contributed by atoms with Gasteiger partial charge in [0.05, 0.1) is 26.4 Å². The van der Waals surface area contributed by atoms with Crippen molar-refractivity contribution in [2.75, 3.05) is 39.5 Å². The predicted molar refractivity (Wildman–Crippen MR) is 94.6 cm³/mol. The maximum absolute atomic E-state index is 12.7. The number of morpholine rings is 1. The number of hydrogen-bond donors (Lipinski definition) is 2. The molecule has 1 fully saturated rings. The first-order valence-corrected chi connectivity index (χ1v) is 8.43. The number of carbonyl (C=O) groups excluding carboxylic acids is 1. The summed E-state index contributed by atoms with van der Waals surface area (Å²) in [5.74, 6) is 0. The van der Waals surface area contributed by atoms with Gasteiger partial charge in [-0.1, -0.05) is 11.6 Å². The van der Waals surface area contributed by atoms with Crippen molar-refractivity contribution in [3.8, 4) is 0 Å². The number of aromatic nitrogens is 1. The standard InChI is InChI=1S/C18H23N3O4/c1-13-2-3-16-14(10-13)11-15(17(23)19-16)12-21(4-7-22)18(24)20-5-8-25-9-6-20/h2-3,10-11,22H,4-9,12H2,1H3,(H,19,23). The number of aryl methyl sites for hydroxylation is 1. The lowest BCUT2D eigenvalue weighted by Gasteiger charge is -2.32. The van der Waals surface area contributed by atoms with Crippen molar-refractivity contribution >= 4 is 16.9 Å². The second-order valence-corrected chi connectivity index (χ2v) is 6.24. The number of benzene rings is 1. The van der Waals surface area contributed by atoms with E-state index in [0.29, 0.717) is 31.9 Å². The lowest BCUT2D eigenvalue weighted by Crippen LogP contribution is -2.49. The number of carbonyl (C=O) groups is 1. The lowest BCUT2D eigenvalue weighted by atomic mass is 10.1. The molecule has 2 aromatic rings. The van der Waals surface area contributed by atoms with E-state index in [1.807, 2.05) is 31.2 Å². The number of amides is 2. The molecular formula is C18H23N3O4. The van der Waals surface area contributed by atoms with Crippen LogP contribution in [0.15, 0.2) is 29.1 Å². The Morgan fingerprint density at radius 1 is 1.32 bits per heavy atom. The fourth-order valence-corrected chi connectivity index (χ4v) is 3.01. The van der Waals surface area contributed by atoms with E-state index in [4.69, 9.17) is 4.74 Å². The van der Waals surface area contributed by atoms with Crippen LogP contribution in [0, 0.1) is 6.92 Å². The first-order chi connectivity index (χ1) is 12.1. The highest BCUT2D eigenvalue weighted by molar-refractivity contribution is 5.80. The summed E-state index contributed by atoms with van der Waals surface area (Å²) >= 11 is 0. The number of nitrogens with one attached hydrogen (secondary N) is 1. The van der Waals surface area contributed by atoms with E-state index in [1.54, 1.807) is 4.90 Å². The van der Waals surface area contributed by atoms with Crippen LogP contribution in [-0.4, -0.2) is 65.4 Å². The third-order valence-electron chi connectivity index (χ3n) is 4.36. The third-order valence-corrected chi connectivity index (χ3v) is 4.36. The fourth-order valence-electron chi connectivity index (χ4n) is 3.01. The van der Waals surface area contributed by atoms with Gasteiger partial charge in [0.2, 0.25) is 0 Å². The van der Waals surface area contributed by atoms with Gasteiger partial charge in [-0.2, -0.15) is 0 Å². The van der Waals surface area contributed by atoms with E-state index in [1.165, 1.54) is 4.90 Å². The van der Waals surface area contributed by atoms with Crippen LogP contribution >= 0.6 is 0 Å². The number of H-pyrrole nitrogens is 1. The Morgan fingerprint density at radius 2 is 2.08 bits per heavy atom. The summed E-state index contributed by atoms with van der Waals surface area (Å²) in [5.41, 5.74) is 2.16. The van der Waals surface area contributed by atoms with Crippen molar-refractivity contribution in [3.63, 3.8) is 0 Å². The molecule has 1 aliphatic heterocycles. The monoisotopic (exact) mass is 345 g/mol. The van der Waals surface area contributed by atoms with Crippen LogP contribution in [0.1, 0.15) is 11.1 Å². The first-order valence-electron chi connectivity index (χ1n) is 8.43. The molecule has 134 valence electrons. The van der Waals surface area contributed by atoms with Crippen LogP contribution in [0.4, 0.5) is 4.79 Å². The number of hydrogen-bond acceptors (Lipinski definition) is 4. The van der Waals surface area contributed by atoms with E-state index < -0.39 is 0 Å². The van der Waals surface area contributed by atoms with Crippen LogP contribution in [-0.2, 0) is 11.3 Å². The predicted octanol–water partition coefficient (Wildman–Crippen LogP) is 1.08. The zero-order valence-corrected chi connectivity index (χ0v) is 14.3. The molecule has 0 aliphatic carbocycles. The molecule has 2 heterocycles. The highest BCUT2D eigenvalue weighted by atomic mass is 16.5. The van der Waals surface area contributed by atoms with E-state index in [-0.39, 0.29) is 31.3 Å². The molecule has 7 nitrogen and oxygen atoms in total. The molecule has 1 aromatic heterocycles. The molecule has 1 saturated heterocycles. The van der Waals surface area contributed by atoms with Gasteiger partial charge < -0.3 is 24.6 Å². The summed E-state index contributed by atoms with van der Waals surface area (Å²) in [6.07, 6.45) is 0. The van der Waals surface area contributed by atoms with Gasteiger partial charge in [0.25, 0.3) is 5.56 Å². The van der Waals surface area contributed by atoms with Gasteiger partial charge in [0, 0.05) is 30.7 Å². The molecular weight excluding hydrogens is 322 g/mol. The first kappa shape index (κ1) is 17.4. The number of urea groups is 1. The largest absolute Gasteiger partial charge is 0.395 e. The Hall–Kier alpha value is -2.38. The topological polar surface area (TPSA) is 85.9 Å². The second-order valence-electron chi connectivity index (χ2n) is 6.24. The molecule has 3 rings (SSSR count). The smallest absolute Gasteiger partial charge is 0.320 e. The fraction of sp³-hybridized carbons (Fsp3) is 0.444. The SMILES string of the molecule is Cc1ccc2[nH]c(=O)c(CN(CCO)C(=O)N3CCOCC3)cc2c1. The normalized spacial score (nSPS) is 14.7. The van der Waals surface area contributed by atoms with Crippen molar-refractivity contribution < 1.29 is 14.6 Å². The second kappa shape index (κ2) is 7.67. The number of rotatable bonds is 4. The van der Waals surface area contributed by atoms with Crippen LogP contribution in [0.5, 0.6) is 0 Å². The van der Waals surface area contributed by atoms with Crippen molar-refractivity contribution in [1.82, 2.24) is 14.8 Å². The third kappa shape index (κ3) is 4.00. The van der Waals surface area contributed by atoms with E-state index in [2.05, 4.69) is 4.98 Å². The van der Waals surface area contributed by atoms with Gasteiger partial charge >= 0.3 is 6.03 Å². The van der Waals surface area contributed by atoms with Gasteiger partial charge in [-0.15, -0.1) is 0 Å². The summed E-state index contributed by atoms with van der Waals surface area (Å²) in [5, 5.41) is 10.2. The molecule has 25 heavy (non-hydrogen) atoms. The van der Waals surface area contributed by atoms with Crippen molar-refractivity contribution in [3.05, 3.63) is 45.7 Å². The summed E-state index contributed by atoms with van der Waals surface area (Å²) in [6, 6.07) is 7.45. The molecule has 0 spiro atoms. The summed E-state index contributed by atoms with van der Waals surface area (Å²) in [7, 11) is 0. The molecule has 0 unspecified atom stereocenters. The Bertz CT molecular complexity index is 812. The van der Waals surface area contributed by atoms with Gasteiger partial charge in [0.1, 0.15) is 0 Å². The van der Waals surface area contributed by atoms with Crippen LogP contribution in [0.25, 0.3) is 10.9 Å². The number of aliphatic hydroxyl groups is 1.